The number of hydrogen-bond donors (Lipinski definition) is 0. The Morgan fingerprint density at radius 2 is 2.25 bits per heavy atom. The molecule has 1 fully saturated rings. The van der Waals surface area contributed by atoms with Gasteiger partial charge in [-0.25, -0.2) is 4.68 Å². The number of hydrogen-bond acceptors (Lipinski definition) is 4. The standard InChI is InChI=1S/C14H16N2O3.Li/c1-9-11-8-10(14(17)18)5-6-12(11)16(15-9)13-4-2-3-7-19-13;/h5-6,8,13H,2-4,7H2,1H3,(H,17,18);/q;+1/p-1. The van der Waals surface area contributed by atoms with Crippen LogP contribution in [0.4, 0.5) is 0 Å². The van der Waals surface area contributed by atoms with Crippen molar-refractivity contribution in [2.45, 2.75) is 32.4 Å². The van der Waals surface area contributed by atoms with Gasteiger partial charge in [0.1, 0.15) is 0 Å². The summed E-state index contributed by atoms with van der Waals surface area (Å²) < 4.78 is 7.60. The van der Waals surface area contributed by atoms with Gasteiger partial charge in [0.15, 0.2) is 6.23 Å². The summed E-state index contributed by atoms with van der Waals surface area (Å²) in [6.07, 6.45) is 3.11. The van der Waals surface area contributed by atoms with Crippen LogP contribution >= 0.6 is 0 Å². The van der Waals surface area contributed by atoms with Gasteiger partial charge in [-0.05, 0) is 43.9 Å². The molecule has 0 saturated carbocycles. The predicted octanol–water partition coefficient (Wildman–Crippen LogP) is -1.59. The number of carbonyl (C=O) groups excluding carboxylic acids is 1. The zero-order chi connectivity index (χ0) is 13.4. The molecule has 1 aromatic heterocycles. The van der Waals surface area contributed by atoms with Gasteiger partial charge in [0.05, 0.1) is 17.2 Å². The van der Waals surface area contributed by atoms with Crippen molar-refractivity contribution in [1.82, 2.24) is 9.78 Å². The number of aromatic nitrogens is 2. The van der Waals surface area contributed by atoms with E-state index in [1.807, 2.05) is 11.6 Å². The fourth-order valence-electron chi connectivity index (χ4n) is 2.56. The summed E-state index contributed by atoms with van der Waals surface area (Å²) in [5.74, 6) is -1.16. The Labute approximate surface area is 129 Å². The number of carboxylic acids is 1. The Bertz CT molecular complexity index is 633. The number of ether oxygens (including phenoxy) is 1. The van der Waals surface area contributed by atoms with Gasteiger partial charge in [-0.15, -0.1) is 0 Å². The molecule has 6 heteroatoms. The van der Waals surface area contributed by atoms with Crippen LogP contribution in [0.3, 0.4) is 0 Å². The smallest absolute Gasteiger partial charge is 0.545 e. The topological polar surface area (TPSA) is 67.2 Å². The van der Waals surface area contributed by atoms with Crippen LogP contribution in [0.1, 0.15) is 41.5 Å². The predicted molar refractivity (Wildman–Crippen MR) is 67.6 cm³/mol. The average molecular weight is 266 g/mol. The molecule has 0 amide bonds. The summed E-state index contributed by atoms with van der Waals surface area (Å²) >= 11 is 0. The summed E-state index contributed by atoms with van der Waals surface area (Å²) in [5.41, 5.74) is 1.90. The van der Waals surface area contributed by atoms with E-state index in [2.05, 4.69) is 5.10 Å². The number of carboxylic acid groups (broad SMARTS) is 1. The van der Waals surface area contributed by atoms with Crippen molar-refractivity contribution in [3.8, 4) is 0 Å². The number of benzene rings is 1. The van der Waals surface area contributed by atoms with Gasteiger partial charge in [-0.2, -0.15) is 5.10 Å². The first kappa shape index (κ1) is 15.1. The maximum Gasteiger partial charge on any atom is 1.00 e. The van der Waals surface area contributed by atoms with Crippen molar-refractivity contribution in [1.29, 1.82) is 0 Å². The van der Waals surface area contributed by atoms with E-state index in [0.717, 1.165) is 42.5 Å². The monoisotopic (exact) mass is 266 g/mol. The van der Waals surface area contributed by atoms with Crippen molar-refractivity contribution in [3.05, 3.63) is 29.5 Å². The summed E-state index contributed by atoms with van der Waals surface area (Å²) in [4.78, 5) is 10.9. The maximum absolute atomic E-state index is 10.9. The van der Waals surface area contributed by atoms with Gasteiger partial charge < -0.3 is 14.6 Å². The van der Waals surface area contributed by atoms with E-state index in [0.29, 0.717) is 0 Å². The second-order valence-corrected chi connectivity index (χ2v) is 4.87. The summed E-state index contributed by atoms with van der Waals surface area (Å²) in [6, 6.07) is 4.95. The minimum absolute atomic E-state index is 0. The maximum atomic E-state index is 10.9. The molecule has 0 bridgehead atoms. The number of nitrogens with zero attached hydrogens (tertiary/aromatic N) is 2. The van der Waals surface area contributed by atoms with Gasteiger partial charge in [0, 0.05) is 12.0 Å². The first-order valence-electron chi connectivity index (χ1n) is 6.48. The molecule has 100 valence electrons. The van der Waals surface area contributed by atoms with E-state index in [4.69, 9.17) is 4.74 Å². The fourth-order valence-corrected chi connectivity index (χ4v) is 2.56. The quantitative estimate of drug-likeness (QED) is 0.615. The molecular formula is C14H15LiN2O3. The molecule has 2 aromatic rings. The molecule has 1 aromatic carbocycles. The number of carbonyl (C=O) groups is 1. The van der Waals surface area contributed by atoms with Crippen LogP contribution in [0.5, 0.6) is 0 Å². The molecule has 3 rings (SSSR count). The number of aryl methyl sites for hydroxylation is 1. The van der Waals surface area contributed by atoms with Gasteiger partial charge in [-0.3, -0.25) is 0 Å². The van der Waals surface area contributed by atoms with E-state index in [1.165, 1.54) is 0 Å². The zero-order valence-electron chi connectivity index (χ0n) is 11.8. The molecule has 0 spiro atoms. The first-order valence-corrected chi connectivity index (χ1v) is 6.48. The first-order chi connectivity index (χ1) is 9.16. The Morgan fingerprint density at radius 3 is 2.90 bits per heavy atom. The third kappa shape index (κ3) is 2.62. The van der Waals surface area contributed by atoms with E-state index in [-0.39, 0.29) is 30.7 Å². The Morgan fingerprint density at radius 1 is 1.45 bits per heavy atom. The normalized spacial score (nSPS) is 18.8. The van der Waals surface area contributed by atoms with Crippen LogP contribution in [0.2, 0.25) is 0 Å². The van der Waals surface area contributed by atoms with Crippen LogP contribution in [0.25, 0.3) is 10.9 Å². The molecular weight excluding hydrogens is 251 g/mol. The molecule has 1 aliphatic heterocycles. The molecule has 1 atom stereocenters. The minimum Gasteiger partial charge on any atom is -0.545 e. The molecule has 20 heavy (non-hydrogen) atoms. The second-order valence-electron chi connectivity index (χ2n) is 4.87. The van der Waals surface area contributed by atoms with Crippen molar-refractivity contribution >= 4 is 16.9 Å². The van der Waals surface area contributed by atoms with E-state index in [9.17, 15) is 9.90 Å². The largest absolute Gasteiger partial charge is 1.00 e. The van der Waals surface area contributed by atoms with Crippen molar-refractivity contribution < 1.29 is 33.5 Å². The molecule has 2 heterocycles. The van der Waals surface area contributed by atoms with Crippen LogP contribution in [0, 0.1) is 6.92 Å². The SMILES string of the molecule is Cc1nn(C2CCCCO2)c2ccc(C(=O)[O-])cc12.[Li+]. The minimum atomic E-state index is -1.16. The molecule has 1 aliphatic rings. The third-order valence-corrected chi connectivity index (χ3v) is 3.56. The van der Waals surface area contributed by atoms with E-state index >= 15 is 0 Å². The van der Waals surface area contributed by atoms with E-state index < -0.39 is 5.97 Å². The second kappa shape index (κ2) is 6.00. The third-order valence-electron chi connectivity index (χ3n) is 3.56. The van der Waals surface area contributed by atoms with Crippen LogP contribution < -0.4 is 24.0 Å². The van der Waals surface area contributed by atoms with Crippen molar-refractivity contribution in [3.63, 3.8) is 0 Å². The number of rotatable bonds is 2. The molecule has 0 N–H and O–H groups in total. The summed E-state index contributed by atoms with van der Waals surface area (Å²) in [5, 5.41) is 16.2. The van der Waals surface area contributed by atoms with Gasteiger partial charge in [0.25, 0.3) is 0 Å². The van der Waals surface area contributed by atoms with Crippen molar-refractivity contribution in [2.75, 3.05) is 6.61 Å². The average Bonchev–Trinajstić information content (AvgIpc) is 2.77. The van der Waals surface area contributed by atoms with Gasteiger partial charge >= 0.3 is 18.9 Å². The zero-order valence-corrected chi connectivity index (χ0v) is 11.8. The fraction of sp³-hybridized carbons (Fsp3) is 0.429. The molecule has 5 nitrogen and oxygen atoms in total. The molecule has 1 saturated heterocycles. The summed E-state index contributed by atoms with van der Waals surface area (Å²) in [6.45, 7) is 2.63. The van der Waals surface area contributed by atoms with Gasteiger partial charge in [0.2, 0.25) is 0 Å². The van der Waals surface area contributed by atoms with Gasteiger partial charge in [-0.1, -0.05) is 6.07 Å². The summed E-state index contributed by atoms with van der Waals surface area (Å²) in [7, 11) is 0. The van der Waals surface area contributed by atoms with E-state index in [1.54, 1.807) is 18.2 Å². The van der Waals surface area contributed by atoms with Crippen LogP contribution in [-0.2, 0) is 4.74 Å². The Kier molecular flexibility index (Phi) is 4.54. The number of fused-ring (bicyclic) bond motifs is 1. The molecule has 0 radical (unpaired) electrons. The molecule has 0 aliphatic carbocycles. The van der Waals surface area contributed by atoms with Crippen molar-refractivity contribution in [2.24, 2.45) is 0 Å². The number of aromatic carboxylic acids is 1. The Balaban J connectivity index is 0.00000147. The Hall–Kier alpha value is -1.28. The van der Waals surface area contributed by atoms with Crippen LogP contribution in [0.15, 0.2) is 18.2 Å². The van der Waals surface area contributed by atoms with Crippen LogP contribution in [-0.4, -0.2) is 22.4 Å². The molecule has 1 unspecified atom stereocenters.